The standard InChI is InChI=1S/C20H17N3OS2/c24-19(13-12-18-7-4-14-26-18)23-20(25)22-17-10-8-16(9-11-17)21-15-5-2-1-3-6-15/h1-14,21H,(H2,22,23,24,25)/b13-12+. The van der Waals surface area contributed by atoms with Crippen LogP contribution in [0.4, 0.5) is 17.1 Å². The fourth-order valence-corrected chi connectivity index (χ4v) is 3.02. The zero-order valence-electron chi connectivity index (χ0n) is 13.8. The molecular weight excluding hydrogens is 362 g/mol. The Morgan fingerprint density at radius 3 is 2.27 bits per heavy atom. The summed E-state index contributed by atoms with van der Waals surface area (Å²) < 4.78 is 0. The number of hydrogen-bond acceptors (Lipinski definition) is 4. The number of hydrogen-bond donors (Lipinski definition) is 3. The number of thiophene rings is 1. The molecule has 0 aliphatic rings. The molecule has 0 aliphatic carbocycles. The van der Waals surface area contributed by atoms with Gasteiger partial charge in [-0.2, -0.15) is 0 Å². The lowest BCUT2D eigenvalue weighted by Gasteiger charge is -2.10. The van der Waals surface area contributed by atoms with Crippen LogP contribution in [0, 0.1) is 0 Å². The molecule has 0 fully saturated rings. The molecule has 3 rings (SSSR count). The van der Waals surface area contributed by atoms with Gasteiger partial charge in [-0.05, 0) is 66.1 Å². The molecule has 130 valence electrons. The van der Waals surface area contributed by atoms with E-state index < -0.39 is 0 Å². The summed E-state index contributed by atoms with van der Waals surface area (Å²) in [6.45, 7) is 0. The van der Waals surface area contributed by atoms with Crippen LogP contribution in [-0.2, 0) is 4.79 Å². The molecule has 0 unspecified atom stereocenters. The molecule has 4 nitrogen and oxygen atoms in total. The maximum Gasteiger partial charge on any atom is 0.250 e. The third-order valence-electron chi connectivity index (χ3n) is 3.38. The van der Waals surface area contributed by atoms with Crippen LogP contribution < -0.4 is 16.0 Å². The Hall–Kier alpha value is -2.96. The predicted molar refractivity (Wildman–Crippen MR) is 114 cm³/mol. The van der Waals surface area contributed by atoms with Crippen LogP contribution in [0.15, 0.2) is 78.2 Å². The van der Waals surface area contributed by atoms with Crippen molar-refractivity contribution in [3.8, 4) is 0 Å². The molecule has 0 aliphatic heterocycles. The highest BCUT2D eigenvalue weighted by atomic mass is 32.1. The number of para-hydroxylation sites is 1. The van der Waals surface area contributed by atoms with Crippen LogP contribution in [0.5, 0.6) is 0 Å². The molecule has 0 radical (unpaired) electrons. The fourth-order valence-electron chi connectivity index (χ4n) is 2.18. The summed E-state index contributed by atoms with van der Waals surface area (Å²) in [5.41, 5.74) is 2.79. The number of rotatable bonds is 5. The van der Waals surface area contributed by atoms with Crippen LogP contribution in [0.3, 0.4) is 0 Å². The number of nitrogens with one attached hydrogen (secondary N) is 3. The summed E-state index contributed by atoms with van der Waals surface area (Å²) in [5, 5.41) is 11.2. The number of carbonyl (C=O) groups is 1. The Labute approximate surface area is 161 Å². The Kier molecular flexibility index (Phi) is 6.14. The third-order valence-corrected chi connectivity index (χ3v) is 4.43. The lowest BCUT2D eigenvalue weighted by atomic mass is 10.2. The lowest BCUT2D eigenvalue weighted by Crippen LogP contribution is -2.32. The van der Waals surface area contributed by atoms with E-state index >= 15 is 0 Å². The van der Waals surface area contributed by atoms with Gasteiger partial charge in [0.2, 0.25) is 5.91 Å². The van der Waals surface area contributed by atoms with Gasteiger partial charge in [0.25, 0.3) is 0 Å². The van der Waals surface area contributed by atoms with E-state index in [4.69, 9.17) is 12.2 Å². The monoisotopic (exact) mass is 379 g/mol. The van der Waals surface area contributed by atoms with Gasteiger partial charge in [0.05, 0.1) is 0 Å². The van der Waals surface area contributed by atoms with E-state index in [1.54, 1.807) is 17.4 Å². The van der Waals surface area contributed by atoms with E-state index in [9.17, 15) is 4.79 Å². The van der Waals surface area contributed by atoms with Gasteiger partial charge >= 0.3 is 0 Å². The smallest absolute Gasteiger partial charge is 0.250 e. The van der Waals surface area contributed by atoms with E-state index in [0.29, 0.717) is 0 Å². The average Bonchev–Trinajstić information content (AvgIpc) is 3.16. The van der Waals surface area contributed by atoms with Crippen molar-refractivity contribution < 1.29 is 4.79 Å². The first kappa shape index (κ1) is 17.8. The first-order valence-electron chi connectivity index (χ1n) is 7.95. The molecule has 0 saturated heterocycles. The minimum Gasteiger partial charge on any atom is -0.356 e. The van der Waals surface area contributed by atoms with E-state index in [2.05, 4.69) is 16.0 Å². The van der Waals surface area contributed by atoms with E-state index in [1.807, 2.05) is 72.1 Å². The molecule has 0 bridgehead atoms. The second kappa shape index (κ2) is 8.94. The largest absolute Gasteiger partial charge is 0.356 e. The molecule has 0 atom stereocenters. The van der Waals surface area contributed by atoms with Crippen LogP contribution >= 0.6 is 23.6 Å². The topological polar surface area (TPSA) is 53.2 Å². The van der Waals surface area contributed by atoms with Gasteiger partial charge in [-0.15, -0.1) is 11.3 Å². The van der Waals surface area contributed by atoms with Crippen molar-refractivity contribution in [1.82, 2.24) is 5.32 Å². The van der Waals surface area contributed by atoms with Crippen LogP contribution in [0.1, 0.15) is 4.88 Å². The van der Waals surface area contributed by atoms with Crippen molar-refractivity contribution in [1.29, 1.82) is 0 Å². The average molecular weight is 380 g/mol. The lowest BCUT2D eigenvalue weighted by molar-refractivity contribution is -0.115. The molecule has 26 heavy (non-hydrogen) atoms. The molecule has 3 aromatic rings. The summed E-state index contributed by atoms with van der Waals surface area (Å²) in [5.74, 6) is -0.265. The summed E-state index contributed by atoms with van der Waals surface area (Å²) >= 11 is 6.74. The van der Waals surface area contributed by atoms with Crippen molar-refractivity contribution >= 4 is 57.7 Å². The van der Waals surface area contributed by atoms with Gasteiger partial charge in [-0.1, -0.05) is 24.3 Å². The van der Waals surface area contributed by atoms with Crippen LogP contribution in [0.25, 0.3) is 6.08 Å². The summed E-state index contributed by atoms with van der Waals surface area (Å²) in [7, 11) is 0. The summed E-state index contributed by atoms with van der Waals surface area (Å²) in [6, 6.07) is 21.5. The van der Waals surface area contributed by atoms with Gasteiger partial charge in [0, 0.05) is 28.0 Å². The van der Waals surface area contributed by atoms with Crippen molar-refractivity contribution in [2.75, 3.05) is 10.6 Å². The molecule has 3 N–H and O–H groups in total. The van der Waals surface area contributed by atoms with Crippen molar-refractivity contribution in [3.05, 3.63) is 83.1 Å². The maximum atomic E-state index is 11.9. The second-order valence-corrected chi connectivity index (χ2v) is 6.75. The molecule has 1 aromatic heterocycles. The molecule has 2 aromatic carbocycles. The zero-order valence-corrected chi connectivity index (χ0v) is 15.4. The van der Waals surface area contributed by atoms with Gasteiger partial charge in [0.1, 0.15) is 0 Å². The summed E-state index contributed by atoms with van der Waals surface area (Å²) in [6.07, 6.45) is 3.22. The Morgan fingerprint density at radius 1 is 0.885 bits per heavy atom. The summed E-state index contributed by atoms with van der Waals surface area (Å²) in [4.78, 5) is 12.9. The minimum absolute atomic E-state index is 0.259. The van der Waals surface area contributed by atoms with Gasteiger partial charge in [-0.25, -0.2) is 0 Å². The first-order valence-corrected chi connectivity index (χ1v) is 9.23. The van der Waals surface area contributed by atoms with E-state index in [-0.39, 0.29) is 11.0 Å². The highest BCUT2D eigenvalue weighted by Gasteiger charge is 2.02. The molecule has 0 saturated carbocycles. The molecule has 6 heteroatoms. The van der Waals surface area contributed by atoms with Crippen molar-refractivity contribution in [3.63, 3.8) is 0 Å². The van der Waals surface area contributed by atoms with Gasteiger partial charge in [0.15, 0.2) is 5.11 Å². The van der Waals surface area contributed by atoms with Gasteiger partial charge in [-0.3, -0.25) is 10.1 Å². The Bertz CT molecular complexity index is 889. The molecule has 1 amide bonds. The molecule has 1 heterocycles. The van der Waals surface area contributed by atoms with Crippen LogP contribution in [0.2, 0.25) is 0 Å². The molecular formula is C20H17N3OS2. The molecule has 0 spiro atoms. The first-order chi connectivity index (χ1) is 12.7. The normalized spacial score (nSPS) is 10.5. The van der Waals surface area contributed by atoms with Crippen LogP contribution in [-0.4, -0.2) is 11.0 Å². The predicted octanol–water partition coefficient (Wildman–Crippen LogP) is 5.02. The van der Waals surface area contributed by atoms with Crippen molar-refractivity contribution in [2.24, 2.45) is 0 Å². The third kappa shape index (κ3) is 5.54. The number of carbonyl (C=O) groups excluding carboxylic acids is 1. The quantitative estimate of drug-likeness (QED) is 0.430. The number of amides is 1. The minimum atomic E-state index is -0.265. The highest BCUT2D eigenvalue weighted by Crippen LogP contribution is 2.18. The van der Waals surface area contributed by atoms with E-state index in [1.165, 1.54) is 6.08 Å². The van der Waals surface area contributed by atoms with Crippen molar-refractivity contribution in [2.45, 2.75) is 0 Å². The Balaban J connectivity index is 1.50. The number of anilines is 3. The number of benzene rings is 2. The highest BCUT2D eigenvalue weighted by molar-refractivity contribution is 7.80. The zero-order chi connectivity index (χ0) is 18.2. The SMILES string of the molecule is O=C(/C=C/c1cccs1)NC(=S)Nc1ccc(Nc2ccccc2)cc1. The van der Waals surface area contributed by atoms with Gasteiger partial charge < -0.3 is 10.6 Å². The fraction of sp³-hybridized carbons (Fsp3) is 0. The number of thiocarbonyl (C=S) groups is 1. The Morgan fingerprint density at radius 2 is 1.58 bits per heavy atom. The van der Waals surface area contributed by atoms with E-state index in [0.717, 1.165) is 21.9 Å². The second-order valence-electron chi connectivity index (χ2n) is 5.36. The maximum absolute atomic E-state index is 11.9.